The molecule has 136 valence electrons. The Bertz CT molecular complexity index is 1010. The minimum Gasteiger partial charge on any atom is -0.289 e. The van der Waals surface area contributed by atoms with Crippen LogP contribution in [0.25, 0.3) is 0 Å². The van der Waals surface area contributed by atoms with E-state index >= 15 is 0 Å². The van der Waals surface area contributed by atoms with E-state index in [9.17, 15) is 9.59 Å². The molecule has 0 spiro atoms. The standard InChI is InChI=1S/C24H18N2O2/c27-23-21-19-15-10-4-5-11-16(15)20(18-13-7-6-12-17(18)19)22(21)24(28)26(23)25-14-8-2-1-3-9-14/h1-13,19-22,25H/t19?,20?,21-,22+. The molecule has 4 aliphatic rings. The van der Waals surface area contributed by atoms with E-state index in [1.807, 2.05) is 54.6 Å². The lowest BCUT2D eigenvalue weighted by molar-refractivity contribution is -0.138. The van der Waals surface area contributed by atoms with Crippen LogP contribution in [0.5, 0.6) is 0 Å². The van der Waals surface area contributed by atoms with E-state index in [0.29, 0.717) is 0 Å². The summed E-state index contributed by atoms with van der Waals surface area (Å²) in [6.07, 6.45) is 0. The molecule has 0 unspecified atom stereocenters. The van der Waals surface area contributed by atoms with E-state index in [1.54, 1.807) is 0 Å². The van der Waals surface area contributed by atoms with Crippen LogP contribution in [0.3, 0.4) is 0 Å². The van der Waals surface area contributed by atoms with Gasteiger partial charge in [-0.25, -0.2) is 0 Å². The molecule has 1 aliphatic heterocycles. The summed E-state index contributed by atoms with van der Waals surface area (Å²) in [5, 5.41) is 1.25. The van der Waals surface area contributed by atoms with Crippen molar-refractivity contribution in [2.24, 2.45) is 11.8 Å². The Kier molecular flexibility index (Phi) is 3.10. The average Bonchev–Trinajstić information content (AvgIpc) is 3.00. The van der Waals surface area contributed by atoms with Crippen LogP contribution in [-0.2, 0) is 9.59 Å². The van der Waals surface area contributed by atoms with Gasteiger partial charge in [-0.05, 0) is 34.4 Å². The number of carbonyl (C=O) groups excluding carboxylic acids is 2. The molecular formula is C24H18N2O2. The molecule has 0 aromatic heterocycles. The second-order valence-electron chi connectivity index (χ2n) is 7.75. The fourth-order valence-corrected chi connectivity index (χ4v) is 5.43. The predicted molar refractivity (Wildman–Crippen MR) is 105 cm³/mol. The first kappa shape index (κ1) is 15.6. The Labute approximate surface area is 162 Å². The topological polar surface area (TPSA) is 49.4 Å². The van der Waals surface area contributed by atoms with Crippen molar-refractivity contribution in [2.75, 3.05) is 5.43 Å². The Morgan fingerprint density at radius 2 is 0.964 bits per heavy atom. The van der Waals surface area contributed by atoms with E-state index in [0.717, 1.165) is 5.69 Å². The maximum Gasteiger partial charge on any atom is 0.253 e. The smallest absolute Gasteiger partial charge is 0.253 e. The van der Waals surface area contributed by atoms with Crippen LogP contribution in [0, 0.1) is 11.8 Å². The quantitative estimate of drug-likeness (QED) is 0.700. The monoisotopic (exact) mass is 366 g/mol. The number of para-hydroxylation sites is 1. The zero-order valence-corrected chi connectivity index (χ0v) is 15.1. The van der Waals surface area contributed by atoms with Crippen molar-refractivity contribution in [1.29, 1.82) is 0 Å². The van der Waals surface area contributed by atoms with Gasteiger partial charge in [-0.1, -0.05) is 66.7 Å². The van der Waals surface area contributed by atoms with Gasteiger partial charge in [0, 0.05) is 11.8 Å². The first-order valence-electron chi connectivity index (χ1n) is 9.63. The third kappa shape index (κ3) is 1.89. The molecule has 3 aliphatic carbocycles. The molecule has 4 nitrogen and oxygen atoms in total. The molecule has 0 radical (unpaired) electrons. The average molecular weight is 366 g/mol. The van der Waals surface area contributed by atoms with Crippen LogP contribution < -0.4 is 5.43 Å². The van der Waals surface area contributed by atoms with Gasteiger partial charge < -0.3 is 0 Å². The third-order valence-electron chi connectivity index (χ3n) is 6.46. The maximum absolute atomic E-state index is 13.4. The van der Waals surface area contributed by atoms with E-state index in [4.69, 9.17) is 0 Å². The van der Waals surface area contributed by atoms with E-state index in [2.05, 4.69) is 29.7 Å². The predicted octanol–water partition coefficient (Wildman–Crippen LogP) is 3.91. The van der Waals surface area contributed by atoms with Crippen molar-refractivity contribution in [1.82, 2.24) is 5.01 Å². The summed E-state index contributed by atoms with van der Waals surface area (Å²) in [5.41, 5.74) is 8.55. The fourth-order valence-electron chi connectivity index (χ4n) is 5.43. The molecule has 1 heterocycles. The minimum absolute atomic E-state index is 0.0681. The number of rotatable bonds is 2. The van der Waals surface area contributed by atoms with Gasteiger partial charge in [-0.3, -0.25) is 15.0 Å². The van der Waals surface area contributed by atoms with Gasteiger partial charge in [0.1, 0.15) is 0 Å². The summed E-state index contributed by atoms with van der Waals surface area (Å²) < 4.78 is 0. The molecule has 0 saturated carbocycles. The van der Waals surface area contributed by atoms with Gasteiger partial charge in [0.25, 0.3) is 11.8 Å². The highest BCUT2D eigenvalue weighted by molar-refractivity contribution is 6.08. The molecule has 3 aromatic rings. The number of nitrogens with zero attached hydrogens (tertiary/aromatic N) is 1. The number of imide groups is 1. The highest BCUT2D eigenvalue weighted by atomic mass is 16.2. The lowest BCUT2D eigenvalue weighted by atomic mass is 9.55. The first-order valence-corrected chi connectivity index (χ1v) is 9.63. The number of amides is 2. The van der Waals surface area contributed by atoms with Crippen molar-refractivity contribution < 1.29 is 9.59 Å². The Morgan fingerprint density at radius 1 is 0.571 bits per heavy atom. The summed E-state index contributed by atoms with van der Waals surface area (Å²) in [4.78, 5) is 26.8. The lowest BCUT2D eigenvalue weighted by Gasteiger charge is -2.45. The SMILES string of the molecule is O=C1[C@@H]2C3c4ccccc4C(c4ccccc43)[C@@H]2C(=O)N1Nc1ccccc1. The number of carbonyl (C=O) groups is 2. The minimum atomic E-state index is -0.349. The molecule has 1 N–H and O–H groups in total. The van der Waals surface area contributed by atoms with Crippen molar-refractivity contribution >= 4 is 17.5 Å². The van der Waals surface area contributed by atoms with Gasteiger partial charge in [0.2, 0.25) is 0 Å². The molecule has 2 amide bonds. The van der Waals surface area contributed by atoms with Crippen molar-refractivity contribution in [3.63, 3.8) is 0 Å². The fraction of sp³-hybridized carbons (Fsp3) is 0.167. The lowest BCUT2D eigenvalue weighted by Crippen LogP contribution is -2.41. The first-order chi connectivity index (χ1) is 13.8. The van der Waals surface area contributed by atoms with Crippen LogP contribution in [0.2, 0.25) is 0 Å². The second kappa shape index (κ2) is 5.55. The van der Waals surface area contributed by atoms with Crippen molar-refractivity contribution in [2.45, 2.75) is 11.8 Å². The van der Waals surface area contributed by atoms with Crippen molar-refractivity contribution in [3.8, 4) is 0 Å². The number of hydrogen-bond donors (Lipinski definition) is 1. The van der Waals surface area contributed by atoms with Crippen molar-refractivity contribution in [3.05, 3.63) is 101 Å². The molecule has 1 saturated heterocycles. The van der Waals surface area contributed by atoms with Gasteiger partial charge in [-0.15, -0.1) is 0 Å². The number of hydrogen-bond acceptors (Lipinski definition) is 3. The molecule has 2 bridgehead atoms. The van der Waals surface area contributed by atoms with E-state index in [1.165, 1.54) is 27.3 Å². The molecule has 7 rings (SSSR count). The van der Waals surface area contributed by atoms with Gasteiger partial charge >= 0.3 is 0 Å². The van der Waals surface area contributed by atoms with Crippen LogP contribution in [0.4, 0.5) is 5.69 Å². The Hall–Kier alpha value is -3.40. The number of hydrazine groups is 1. The molecule has 1 fully saturated rings. The molecular weight excluding hydrogens is 348 g/mol. The Morgan fingerprint density at radius 3 is 1.39 bits per heavy atom. The molecule has 28 heavy (non-hydrogen) atoms. The molecule has 3 aromatic carbocycles. The van der Waals surface area contributed by atoms with Crippen LogP contribution in [-0.4, -0.2) is 16.8 Å². The largest absolute Gasteiger partial charge is 0.289 e. The summed E-state index contributed by atoms with van der Waals surface area (Å²) in [5.74, 6) is -1.09. The zero-order valence-electron chi connectivity index (χ0n) is 15.1. The zero-order chi connectivity index (χ0) is 18.8. The van der Waals surface area contributed by atoms with Gasteiger partial charge in [0.15, 0.2) is 0 Å². The molecule has 4 heteroatoms. The highest BCUT2D eigenvalue weighted by Gasteiger charge is 2.61. The van der Waals surface area contributed by atoms with Gasteiger partial charge in [0.05, 0.1) is 17.5 Å². The number of nitrogens with one attached hydrogen (secondary N) is 1. The summed E-state index contributed by atoms with van der Waals surface area (Å²) in [6.45, 7) is 0. The number of anilines is 1. The summed E-state index contributed by atoms with van der Waals surface area (Å²) in [7, 11) is 0. The van der Waals surface area contributed by atoms with Gasteiger partial charge in [-0.2, -0.15) is 5.01 Å². The highest BCUT2D eigenvalue weighted by Crippen LogP contribution is 2.60. The number of benzene rings is 3. The van der Waals surface area contributed by atoms with Crippen LogP contribution >= 0.6 is 0 Å². The maximum atomic E-state index is 13.4. The van der Waals surface area contributed by atoms with Crippen LogP contribution in [0.15, 0.2) is 78.9 Å². The van der Waals surface area contributed by atoms with E-state index < -0.39 is 0 Å². The Balaban J connectivity index is 1.50. The normalized spacial score (nSPS) is 26.6. The van der Waals surface area contributed by atoms with E-state index in [-0.39, 0.29) is 35.5 Å². The third-order valence-corrected chi connectivity index (χ3v) is 6.46. The summed E-state index contributed by atoms with van der Waals surface area (Å²) in [6, 6.07) is 26.0. The molecule has 2 atom stereocenters. The van der Waals surface area contributed by atoms with Crippen LogP contribution in [0.1, 0.15) is 34.1 Å². The second-order valence-corrected chi connectivity index (χ2v) is 7.75. The summed E-state index contributed by atoms with van der Waals surface area (Å²) >= 11 is 0.